The van der Waals surface area contributed by atoms with Crippen LogP contribution in [0.25, 0.3) is 10.9 Å². The molecule has 4 nitrogen and oxygen atoms in total. The maximum atomic E-state index is 11.6. The summed E-state index contributed by atoms with van der Waals surface area (Å²) in [7, 11) is 0. The number of aromatic amines is 1. The van der Waals surface area contributed by atoms with Gasteiger partial charge < -0.3 is 10.1 Å². The van der Waals surface area contributed by atoms with Gasteiger partial charge in [0.05, 0.1) is 6.04 Å². The van der Waals surface area contributed by atoms with E-state index in [0.29, 0.717) is 6.42 Å². The maximum absolute atomic E-state index is 11.6. The van der Waals surface area contributed by atoms with Crippen LogP contribution < -0.4 is 5.32 Å². The molecular formula is C18H15IN2O2. The van der Waals surface area contributed by atoms with E-state index in [1.54, 1.807) is 0 Å². The van der Waals surface area contributed by atoms with Gasteiger partial charge in [-0.1, -0.05) is 30.3 Å². The molecule has 2 heterocycles. The van der Waals surface area contributed by atoms with Crippen molar-refractivity contribution in [1.29, 1.82) is 0 Å². The molecule has 1 aliphatic rings. The number of aromatic nitrogens is 1. The number of hydrogen-bond acceptors (Lipinski definition) is 2. The summed E-state index contributed by atoms with van der Waals surface area (Å²) in [4.78, 5) is 15.1. The van der Waals surface area contributed by atoms with E-state index < -0.39 is 12.0 Å². The van der Waals surface area contributed by atoms with E-state index in [0.717, 1.165) is 31.3 Å². The number of para-hydroxylation sites is 1. The van der Waals surface area contributed by atoms with Crippen LogP contribution in [0.1, 0.15) is 22.9 Å². The van der Waals surface area contributed by atoms with Crippen LogP contribution in [-0.2, 0) is 11.2 Å². The highest BCUT2D eigenvalue weighted by molar-refractivity contribution is 14.1. The van der Waals surface area contributed by atoms with Crippen molar-refractivity contribution in [1.82, 2.24) is 10.3 Å². The molecule has 2 aromatic carbocycles. The standard InChI is InChI=1S/C18H15IN2O2/c19-11-5-3-4-10(8-11)16-17-13(9-15(21-16)18(22)23)12-6-1-2-7-14(12)20-17/h1-8,15-16,20-21H,9H2,(H,22,23)/t15-,16+/m1/s1. The molecule has 0 radical (unpaired) electrons. The summed E-state index contributed by atoms with van der Waals surface area (Å²) in [5.74, 6) is -0.809. The molecule has 0 amide bonds. The fourth-order valence-electron chi connectivity index (χ4n) is 3.34. The molecule has 0 saturated heterocycles. The first-order valence-corrected chi connectivity index (χ1v) is 8.55. The number of aliphatic carboxylic acids is 1. The van der Waals surface area contributed by atoms with Gasteiger partial charge >= 0.3 is 5.97 Å². The highest BCUT2D eigenvalue weighted by atomic mass is 127. The predicted octanol–water partition coefficient (Wildman–Crippen LogP) is 3.46. The highest BCUT2D eigenvalue weighted by Crippen LogP contribution is 2.35. The van der Waals surface area contributed by atoms with Crippen molar-refractivity contribution < 1.29 is 9.90 Å². The Morgan fingerprint density at radius 1 is 1.17 bits per heavy atom. The molecule has 23 heavy (non-hydrogen) atoms. The number of rotatable bonds is 2. The van der Waals surface area contributed by atoms with Crippen molar-refractivity contribution in [3.8, 4) is 0 Å². The highest BCUT2D eigenvalue weighted by Gasteiger charge is 2.33. The number of fused-ring (bicyclic) bond motifs is 3. The molecule has 5 heteroatoms. The quantitative estimate of drug-likeness (QED) is 0.559. The molecule has 2 atom stereocenters. The average Bonchev–Trinajstić information content (AvgIpc) is 2.92. The number of carboxylic acid groups (broad SMARTS) is 1. The fraction of sp³-hybridized carbons (Fsp3) is 0.167. The molecule has 1 aliphatic heterocycles. The van der Waals surface area contributed by atoms with Crippen LogP contribution in [0.4, 0.5) is 0 Å². The molecule has 3 N–H and O–H groups in total. The Morgan fingerprint density at radius 3 is 2.78 bits per heavy atom. The summed E-state index contributed by atoms with van der Waals surface area (Å²) < 4.78 is 1.14. The smallest absolute Gasteiger partial charge is 0.321 e. The van der Waals surface area contributed by atoms with E-state index >= 15 is 0 Å². The number of hydrogen-bond donors (Lipinski definition) is 3. The first kappa shape index (κ1) is 14.7. The second-order valence-corrected chi connectivity index (χ2v) is 7.06. The summed E-state index contributed by atoms with van der Waals surface area (Å²) in [5, 5.41) is 13.9. The number of nitrogens with one attached hydrogen (secondary N) is 2. The monoisotopic (exact) mass is 418 g/mol. The second kappa shape index (κ2) is 5.65. The normalized spacial score (nSPS) is 20.4. The van der Waals surface area contributed by atoms with Crippen molar-refractivity contribution >= 4 is 39.5 Å². The van der Waals surface area contributed by atoms with E-state index in [9.17, 15) is 9.90 Å². The van der Waals surface area contributed by atoms with E-state index in [-0.39, 0.29) is 6.04 Å². The summed E-state index contributed by atoms with van der Waals surface area (Å²) in [5.41, 5.74) is 4.32. The Labute approximate surface area is 147 Å². The van der Waals surface area contributed by atoms with Gasteiger partial charge in [0.15, 0.2) is 0 Å². The van der Waals surface area contributed by atoms with Gasteiger partial charge in [0.2, 0.25) is 0 Å². The van der Waals surface area contributed by atoms with Crippen LogP contribution in [0.5, 0.6) is 0 Å². The van der Waals surface area contributed by atoms with Crippen LogP contribution in [-0.4, -0.2) is 22.1 Å². The molecule has 0 bridgehead atoms. The third-order valence-electron chi connectivity index (χ3n) is 4.39. The Morgan fingerprint density at radius 2 is 2.00 bits per heavy atom. The summed E-state index contributed by atoms with van der Waals surface area (Å²) in [6.07, 6.45) is 0.495. The van der Waals surface area contributed by atoms with E-state index in [1.807, 2.05) is 36.4 Å². The molecule has 4 rings (SSSR count). The molecule has 0 unspecified atom stereocenters. The second-order valence-electron chi connectivity index (χ2n) is 5.81. The van der Waals surface area contributed by atoms with Gasteiger partial charge in [0.25, 0.3) is 0 Å². The molecule has 0 saturated carbocycles. The molecule has 116 valence electrons. The summed E-state index contributed by atoms with van der Waals surface area (Å²) in [6, 6.07) is 15.5. The van der Waals surface area contributed by atoms with E-state index in [1.165, 1.54) is 0 Å². The van der Waals surface area contributed by atoms with Crippen LogP contribution in [0, 0.1) is 3.57 Å². The van der Waals surface area contributed by atoms with Crippen LogP contribution >= 0.6 is 22.6 Å². The van der Waals surface area contributed by atoms with Crippen molar-refractivity contribution in [3.63, 3.8) is 0 Å². The minimum absolute atomic E-state index is 0.137. The van der Waals surface area contributed by atoms with E-state index in [2.05, 4.69) is 45.0 Å². The van der Waals surface area contributed by atoms with Crippen molar-refractivity contribution in [3.05, 3.63) is 68.9 Å². The number of halogens is 1. The lowest BCUT2D eigenvalue weighted by molar-refractivity contribution is -0.139. The molecular weight excluding hydrogens is 403 g/mol. The van der Waals surface area contributed by atoms with Gasteiger partial charge in [-0.2, -0.15) is 0 Å². The van der Waals surface area contributed by atoms with Gasteiger partial charge in [-0.3, -0.25) is 10.1 Å². The van der Waals surface area contributed by atoms with Gasteiger partial charge in [-0.05, 0) is 51.9 Å². The molecule has 0 fully saturated rings. The maximum Gasteiger partial charge on any atom is 0.321 e. The number of carboxylic acids is 1. The van der Waals surface area contributed by atoms with Crippen LogP contribution in [0.2, 0.25) is 0 Å². The summed E-state index contributed by atoms with van der Waals surface area (Å²) in [6.45, 7) is 0. The van der Waals surface area contributed by atoms with Gasteiger partial charge in [0, 0.05) is 26.6 Å². The fourth-order valence-corrected chi connectivity index (χ4v) is 3.91. The third-order valence-corrected chi connectivity index (χ3v) is 5.06. The lowest BCUT2D eigenvalue weighted by Crippen LogP contribution is -2.44. The zero-order valence-corrected chi connectivity index (χ0v) is 14.4. The largest absolute Gasteiger partial charge is 0.480 e. The Balaban J connectivity index is 1.91. The topological polar surface area (TPSA) is 65.1 Å². The lowest BCUT2D eigenvalue weighted by Gasteiger charge is -2.29. The van der Waals surface area contributed by atoms with Gasteiger partial charge in [-0.25, -0.2) is 0 Å². The minimum atomic E-state index is -0.809. The Hall–Kier alpha value is -1.86. The molecule has 3 aromatic rings. The van der Waals surface area contributed by atoms with Gasteiger partial charge in [-0.15, -0.1) is 0 Å². The first-order chi connectivity index (χ1) is 11.1. The van der Waals surface area contributed by atoms with Crippen molar-refractivity contribution in [2.45, 2.75) is 18.5 Å². The molecule has 1 aromatic heterocycles. The Bertz CT molecular complexity index is 903. The minimum Gasteiger partial charge on any atom is -0.480 e. The SMILES string of the molecule is O=C(O)[C@H]1Cc2c([nH]c3ccccc23)[C@H](c2cccc(I)c2)N1. The zero-order valence-electron chi connectivity index (χ0n) is 12.2. The first-order valence-electron chi connectivity index (χ1n) is 7.47. The molecule has 0 spiro atoms. The van der Waals surface area contributed by atoms with Crippen LogP contribution in [0.3, 0.4) is 0 Å². The van der Waals surface area contributed by atoms with E-state index in [4.69, 9.17) is 0 Å². The van der Waals surface area contributed by atoms with Gasteiger partial charge in [0.1, 0.15) is 6.04 Å². The van der Waals surface area contributed by atoms with Crippen LogP contribution in [0.15, 0.2) is 48.5 Å². The number of H-pyrrole nitrogens is 1. The summed E-state index contributed by atoms with van der Waals surface area (Å²) >= 11 is 2.28. The Kier molecular flexibility index (Phi) is 3.61. The predicted molar refractivity (Wildman–Crippen MR) is 97.6 cm³/mol. The number of carbonyl (C=O) groups is 1. The van der Waals surface area contributed by atoms with Crippen molar-refractivity contribution in [2.24, 2.45) is 0 Å². The lowest BCUT2D eigenvalue weighted by atomic mass is 9.90. The molecule has 0 aliphatic carbocycles. The number of benzene rings is 2. The zero-order chi connectivity index (χ0) is 16.0. The van der Waals surface area contributed by atoms with Crippen molar-refractivity contribution in [2.75, 3.05) is 0 Å². The average molecular weight is 418 g/mol. The third kappa shape index (κ3) is 2.53.